The first kappa shape index (κ1) is 17.7. The van der Waals surface area contributed by atoms with Crippen molar-refractivity contribution in [2.45, 2.75) is 44.7 Å². The van der Waals surface area contributed by atoms with Gasteiger partial charge in [-0.25, -0.2) is 12.7 Å². The lowest BCUT2D eigenvalue weighted by Gasteiger charge is -2.30. The van der Waals surface area contributed by atoms with Crippen LogP contribution in [-0.4, -0.2) is 49.7 Å². The maximum Gasteiger partial charge on any atom is 0.254 e. The molecule has 0 fully saturated rings. The van der Waals surface area contributed by atoms with Crippen molar-refractivity contribution >= 4 is 15.9 Å². The van der Waals surface area contributed by atoms with E-state index in [4.69, 9.17) is 0 Å². The standard InChI is InChI=1S/C15H24N2O3S/c1-11(2)17(12(3)4)15(18)13-7-9-14(10-8-13)21(19,20)16(5)6/h7-12H,1-6H3. The van der Waals surface area contributed by atoms with Gasteiger partial charge in [-0.2, -0.15) is 0 Å². The first-order valence-electron chi connectivity index (χ1n) is 6.94. The second-order valence-corrected chi connectivity index (χ2v) is 7.86. The maximum atomic E-state index is 12.5. The van der Waals surface area contributed by atoms with Crippen molar-refractivity contribution in [3.8, 4) is 0 Å². The normalized spacial score (nSPS) is 12.2. The molecule has 0 atom stereocenters. The number of benzene rings is 1. The topological polar surface area (TPSA) is 57.7 Å². The molecule has 0 saturated heterocycles. The Hall–Kier alpha value is -1.40. The van der Waals surface area contributed by atoms with Crippen LogP contribution in [0.4, 0.5) is 0 Å². The van der Waals surface area contributed by atoms with E-state index in [0.717, 1.165) is 4.31 Å². The van der Waals surface area contributed by atoms with E-state index in [2.05, 4.69) is 0 Å². The average molecular weight is 312 g/mol. The van der Waals surface area contributed by atoms with E-state index in [1.165, 1.54) is 26.2 Å². The third-order valence-corrected chi connectivity index (χ3v) is 5.06. The lowest BCUT2D eigenvalue weighted by Crippen LogP contribution is -2.42. The molecule has 1 aromatic rings. The molecule has 0 bridgehead atoms. The summed E-state index contributed by atoms with van der Waals surface area (Å²) in [5.41, 5.74) is 0.495. The van der Waals surface area contributed by atoms with Gasteiger partial charge in [-0.15, -0.1) is 0 Å². The summed E-state index contributed by atoms with van der Waals surface area (Å²) >= 11 is 0. The van der Waals surface area contributed by atoms with Gasteiger partial charge in [-0.05, 0) is 52.0 Å². The summed E-state index contributed by atoms with van der Waals surface area (Å²) in [4.78, 5) is 14.4. The third kappa shape index (κ3) is 3.83. The Bertz CT molecular complexity index is 582. The van der Waals surface area contributed by atoms with Crippen LogP contribution in [0.5, 0.6) is 0 Å². The molecule has 1 aromatic carbocycles. The Balaban J connectivity index is 3.11. The van der Waals surface area contributed by atoms with E-state index in [0.29, 0.717) is 5.56 Å². The van der Waals surface area contributed by atoms with Crippen LogP contribution in [0.1, 0.15) is 38.1 Å². The summed E-state index contributed by atoms with van der Waals surface area (Å²) in [5.74, 6) is -0.0891. The van der Waals surface area contributed by atoms with Crippen LogP contribution in [0.25, 0.3) is 0 Å². The van der Waals surface area contributed by atoms with Gasteiger partial charge in [0.05, 0.1) is 4.90 Å². The van der Waals surface area contributed by atoms with Crippen LogP contribution < -0.4 is 0 Å². The Morgan fingerprint density at radius 1 is 0.952 bits per heavy atom. The van der Waals surface area contributed by atoms with Crippen molar-refractivity contribution in [2.75, 3.05) is 14.1 Å². The first-order valence-corrected chi connectivity index (χ1v) is 8.38. The summed E-state index contributed by atoms with van der Waals surface area (Å²) in [6, 6.07) is 6.25. The van der Waals surface area contributed by atoms with Crippen LogP contribution in [-0.2, 0) is 10.0 Å². The second kappa shape index (κ2) is 6.58. The Morgan fingerprint density at radius 3 is 1.71 bits per heavy atom. The van der Waals surface area contributed by atoms with E-state index in [1.807, 2.05) is 27.7 Å². The predicted octanol–water partition coefficient (Wildman–Crippen LogP) is 2.20. The lowest BCUT2D eigenvalue weighted by molar-refractivity contribution is 0.0643. The molecule has 0 aliphatic carbocycles. The van der Waals surface area contributed by atoms with Crippen LogP contribution in [0.2, 0.25) is 0 Å². The molecule has 0 heterocycles. The number of rotatable bonds is 5. The Labute approximate surface area is 127 Å². The van der Waals surface area contributed by atoms with Crippen molar-refractivity contribution in [1.82, 2.24) is 9.21 Å². The maximum absolute atomic E-state index is 12.5. The SMILES string of the molecule is CC(C)N(C(=O)c1ccc(S(=O)(=O)N(C)C)cc1)C(C)C. The molecule has 0 aromatic heterocycles. The minimum absolute atomic E-state index is 0.0858. The lowest BCUT2D eigenvalue weighted by atomic mass is 10.1. The zero-order valence-electron chi connectivity index (χ0n) is 13.5. The van der Waals surface area contributed by atoms with E-state index < -0.39 is 10.0 Å². The third-order valence-electron chi connectivity index (χ3n) is 3.23. The van der Waals surface area contributed by atoms with Gasteiger partial charge in [0.15, 0.2) is 0 Å². The predicted molar refractivity (Wildman–Crippen MR) is 83.8 cm³/mol. The zero-order chi connectivity index (χ0) is 16.4. The van der Waals surface area contributed by atoms with Crippen LogP contribution in [0.15, 0.2) is 29.2 Å². The number of sulfonamides is 1. The number of hydrogen-bond acceptors (Lipinski definition) is 3. The van der Waals surface area contributed by atoms with Crippen molar-refractivity contribution in [3.05, 3.63) is 29.8 Å². The van der Waals surface area contributed by atoms with Gasteiger partial charge < -0.3 is 4.90 Å². The second-order valence-electron chi connectivity index (χ2n) is 5.71. The van der Waals surface area contributed by atoms with Crippen LogP contribution >= 0.6 is 0 Å². The molecule has 1 amide bonds. The Kier molecular flexibility index (Phi) is 5.53. The molecule has 0 N–H and O–H groups in total. The zero-order valence-corrected chi connectivity index (χ0v) is 14.3. The highest BCUT2D eigenvalue weighted by molar-refractivity contribution is 7.89. The summed E-state index contributed by atoms with van der Waals surface area (Å²) < 4.78 is 25.1. The summed E-state index contributed by atoms with van der Waals surface area (Å²) in [5, 5.41) is 0. The summed E-state index contributed by atoms with van der Waals surface area (Å²) in [6.07, 6.45) is 0. The number of nitrogens with zero attached hydrogens (tertiary/aromatic N) is 2. The van der Waals surface area contributed by atoms with Gasteiger partial charge in [-0.1, -0.05) is 0 Å². The van der Waals surface area contributed by atoms with Crippen molar-refractivity contribution in [3.63, 3.8) is 0 Å². The monoisotopic (exact) mass is 312 g/mol. The molecule has 1 rings (SSSR count). The minimum atomic E-state index is -3.46. The quantitative estimate of drug-likeness (QED) is 0.837. The Morgan fingerprint density at radius 2 is 1.38 bits per heavy atom. The van der Waals surface area contributed by atoms with E-state index in [1.54, 1.807) is 17.0 Å². The van der Waals surface area contributed by atoms with E-state index in [-0.39, 0.29) is 22.9 Å². The highest BCUT2D eigenvalue weighted by Crippen LogP contribution is 2.17. The molecular formula is C15H24N2O3S. The summed E-state index contributed by atoms with van der Waals surface area (Å²) in [7, 11) is -0.504. The van der Waals surface area contributed by atoms with Crippen molar-refractivity contribution in [1.29, 1.82) is 0 Å². The molecule has 21 heavy (non-hydrogen) atoms. The molecule has 0 spiro atoms. The minimum Gasteiger partial charge on any atom is -0.334 e. The molecule has 0 unspecified atom stereocenters. The van der Waals surface area contributed by atoms with Crippen molar-refractivity contribution < 1.29 is 13.2 Å². The number of carbonyl (C=O) groups is 1. The molecule has 6 heteroatoms. The highest BCUT2D eigenvalue weighted by Gasteiger charge is 2.23. The van der Waals surface area contributed by atoms with Gasteiger partial charge in [0.25, 0.3) is 5.91 Å². The smallest absolute Gasteiger partial charge is 0.254 e. The molecule has 5 nitrogen and oxygen atoms in total. The fraction of sp³-hybridized carbons (Fsp3) is 0.533. The molecule has 0 aliphatic heterocycles. The van der Waals surface area contributed by atoms with Gasteiger partial charge >= 0.3 is 0 Å². The van der Waals surface area contributed by atoms with E-state index >= 15 is 0 Å². The molecule has 0 aliphatic rings. The van der Waals surface area contributed by atoms with Gasteiger partial charge in [-0.3, -0.25) is 4.79 Å². The molecule has 0 radical (unpaired) electrons. The van der Waals surface area contributed by atoms with Gasteiger partial charge in [0, 0.05) is 31.7 Å². The largest absolute Gasteiger partial charge is 0.334 e. The number of carbonyl (C=O) groups excluding carboxylic acids is 1. The van der Waals surface area contributed by atoms with Gasteiger partial charge in [0.1, 0.15) is 0 Å². The summed E-state index contributed by atoms with van der Waals surface area (Å²) in [6.45, 7) is 7.84. The molecular weight excluding hydrogens is 288 g/mol. The number of hydrogen-bond donors (Lipinski definition) is 0. The van der Waals surface area contributed by atoms with Crippen molar-refractivity contribution in [2.24, 2.45) is 0 Å². The average Bonchev–Trinajstić information content (AvgIpc) is 2.37. The fourth-order valence-corrected chi connectivity index (χ4v) is 3.10. The van der Waals surface area contributed by atoms with E-state index in [9.17, 15) is 13.2 Å². The molecule has 0 saturated carbocycles. The highest BCUT2D eigenvalue weighted by atomic mass is 32.2. The molecule has 118 valence electrons. The fourth-order valence-electron chi connectivity index (χ4n) is 2.19. The first-order chi connectivity index (χ1) is 9.59. The van der Waals surface area contributed by atoms with Crippen LogP contribution in [0, 0.1) is 0 Å². The number of amides is 1. The van der Waals surface area contributed by atoms with Gasteiger partial charge in [0.2, 0.25) is 10.0 Å². The van der Waals surface area contributed by atoms with Crippen LogP contribution in [0.3, 0.4) is 0 Å².